The molecule has 0 aliphatic rings. The van der Waals surface area contributed by atoms with Crippen LogP contribution in [0.1, 0.15) is 5.56 Å². The Morgan fingerprint density at radius 1 is 1.62 bits per heavy atom. The van der Waals surface area contributed by atoms with Gasteiger partial charge >= 0.3 is 0 Å². The number of methoxy groups -OCH3 is 1. The Bertz CT molecular complexity index is 559. The van der Waals surface area contributed by atoms with Crippen LogP contribution in [0, 0.1) is 10.1 Å². The minimum Gasteiger partial charge on any atom is -0.495 e. The van der Waals surface area contributed by atoms with Crippen LogP contribution in [0.4, 0.5) is 0 Å². The van der Waals surface area contributed by atoms with E-state index >= 15 is 0 Å². The number of aromatic nitrogens is 2. The highest BCUT2D eigenvalue weighted by Crippen LogP contribution is 2.22. The molecule has 6 nitrogen and oxygen atoms in total. The summed E-state index contributed by atoms with van der Waals surface area (Å²) in [5.41, 5.74) is 1.38. The first-order valence-corrected chi connectivity index (χ1v) is 4.53. The monoisotopic (exact) mass is 219 g/mol. The largest absolute Gasteiger partial charge is 0.495 e. The zero-order valence-electron chi connectivity index (χ0n) is 8.51. The maximum atomic E-state index is 10.2. The number of hydrogen-bond acceptors (Lipinski definition) is 4. The fourth-order valence-corrected chi connectivity index (χ4v) is 1.40. The molecule has 0 saturated heterocycles. The van der Waals surface area contributed by atoms with E-state index in [9.17, 15) is 10.1 Å². The molecule has 0 radical (unpaired) electrons. The smallest absolute Gasteiger partial charge is 0.235 e. The lowest BCUT2D eigenvalue weighted by atomic mass is 10.2. The van der Waals surface area contributed by atoms with E-state index in [1.807, 2.05) is 0 Å². The number of rotatable bonds is 3. The number of pyridine rings is 1. The van der Waals surface area contributed by atoms with Crippen LogP contribution in [0.5, 0.6) is 5.75 Å². The molecule has 0 amide bonds. The van der Waals surface area contributed by atoms with E-state index < -0.39 is 4.92 Å². The number of nitro groups is 1. The normalized spacial score (nSPS) is 11.1. The summed E-state index contributed by atoms with van der Waals surface area (Å²) in [6, 6.07) is 1.78. The molecule has 0 aromatic carbocycles. The van der Waals surface area contributed by atoms with E-state index in [1.54, 1.807) is 25.6 Å². The van der Waals surface area contributed by atoms with Crippen molar-refractivity contribution in [3.63, 3.8) is 0 Å². The second-order valence-corrected chi connectivity index (χ2v) is 3.12. The van der Waals surface area contributed by atoms with Gasteiger partial charge in [0, 0.05) is 23.2 Å². The van der Waals surface area contributed by atoms with Gasteiger partial charge in [0.15, 0.2) is 0 Å². The number of nitrogens with zero attached hydrogens (tertiary/aromatic N) is 2. The van der Waals surface area contributed by atoms with Crippen molar-refractivity contribution in [2.75, 3.05) is 7.11 Å². The summed E-state index contributed by atoms with van der Waals surface area (Å²) in [5.74, 6) is 0.614. The third-order valence-electron chi connectivity index (χ3n) is 2.15. The molecule has 0 bridgehead atoms. The van der Waals surface area contributed by atoms with Crippen molar-refractivity contribution in [3.05, 3.63) is 40.3 Å². The summed E-state index contributed by atoms with van der Waals surface area (Å²) < 4.78 is 5.04. The van der Waals surface area contributed by atoms with Gasteiger partial charge in [0.25, 0.3) is 0 Å². The second kappa shape index (κ2) is 4.01. The fraction of sp³-hybridized carbons (Fsp3) is 0.100. The van der Waals surface area contributed by atoms with Crippen molar-refractivity contribution in [2.24, 2.45) is 0 Å². The minimum absolute atomic E-state index is 0.508. The van der Waals surface area contributed by atoms with Crippen LogP contribution in [0.25, 0.3) is 17.1 Å². The molecular weight excluding hydrogens is 210 g/mol. The Morgan fingerprint density at radius 2 is 2.44 bits per heavy atom. The lowest BCUT2D eigenvalue weighted by Gasteiger charge is -1.98. The molecule has 0 saturated carbocycles. The molecule has 0 aliphatic carbocycles. The first-order chi connectivity index (χ1) is 7.70. The molecule has 2 rings (SSSR count). The molecule has 1 N–H and O–H groups in total. The topological polar surface area (TPSA) is 81.0 Å². The van der Waals surface area contributed by atoms with E-state index in [1.165, 1.54) is 6.08 Å². The average Bonchev–Trinajstić information content (AvgIpc) is 2.68. The van der Waals surface area contributed by atoms with Crippen molar-refractivity contribution >= 4 is 17.1 Å². The van der Waals surface area contributed by atoms with E-state index in [0.717, 1.165) is 11.6 Å². The number of nitrogens with one attached hydrogen (secondary N) is 1. The molecule has 6 heteroatoms. The average molecular weight is 219 g/mol. The molecule has 0 atom stereocenters. The standard InChI is InChI=1S/C10H9N3O3/c1-16-8-4-9-7(2-3-13(14)15)5-11-10(9)12-6-8/h2-6H,1H3,(H,11,12). The summed E-state index contributed by atoms with van der Waals surface area (Å²) in [4.78, 5) is 16.8. The molecule has 2 aromatic heterocycles. The van der Waals surface area contributed by atoms with Gasteiger partial charge in [-0.2, -0.15) is 0 Å². The summed E-state index contributed by atoms with van der Waals surface area (Å²) in [6.07, 6.45) is 5.55. The van der Waals surface area contributed by atoms with Gasteiger partial charge in [-0.15, -0.1) is 0 Å². The zero-order chi connectivity index (χ0) is 11.5. The summed E-state index contributed by atoms with van der Waals surface area (Å²) in [5, 5.41) is 11.0. The summed E-state index contributed by atoms with van der Waals surface area (Å²) >= 11 is 0. The van der Waals surface area contributed by atoms with Crippen molar-refractivity contribution in [3.8, 4) is 5.75 Å². The van der Waals surface area contributed by atoms with Crippen LogP contribution in [0.3, 0.4) is 0 Å². The van der Waals surface area contributed by atoms with Crippen molar-refractivity contribution in [1.82, 2.24) is 9.97 Å². The van der Waals surface area contributed by atoms with Crippen molar-refractivity contribution in [2.45, 2.75) is 0 Å². The second-order valence-electron chi connectivity index (χ2n) is 3.12. The van der Waals surface area contributed by atoms with Crippen LogP contribution in [0.2, 0.25) is 0 Å². The minimum atomic E-state index is -0.508. The van der Waals surface area contributed by atoms with E-state index in [2.05, 4.69) is 9.97 Å². The number of fused-ring (bicyclic) bond motifs is 1. The zero-order valence-corrected chi connectivity index (χ0v) is 8.51. The van der Waals surface area contributed by atoms with Gasteiger partial charge in [0.1, 0.15) is 11.4 Å². The van der Waals surface area contributed by atoms with Gasteiger partial charge in [-0.25, -0.2) is 4.98 Å². The van der Waals surface area contributed by atoms with Gasteiger partial charge in [0.05, 0.1) is 18.2 Å². The maximum absolute atomic E-state index is 10.2. The van der Waals surface area contributed by atoms with Crippen molar-refractivity contribution in [1.29, 1.82) is 0 Å². The molecule has 0 fully saturated rings. The van der Waals surface area contributed by atoms with Crippen LogP contribution in [-0.2, 0) is 0 Å². The Hall–Kier alpha value is -2.37. The van der Waals surface area contributed by atoms with Gasteiger partial charge < -0.3 is 9.72 Å². The maximum Gasteiger partial charge on any atom is 0.235 e. The number of H-pyrrole nitrogens is 1. The molecule has 2 heterocycles. The quantitative estimate of drug-likeness (QED) is 0.630. The molecule has 0 unspecified atom stereocenters. The van der Waals surface area contributed by atoms with Gasteiger partial charge in [-0.05, 0) is 6.07 Å². The molecule has 2 aromatic rings. The fourth-order valence-electron chi connectivity index (χ4n) is 1.40. The van der Waals surface area contributed by atoms with E-state index in [-0.39, 0.29) is 0 Å². The lowest BCUT2D eigenvalue weighted by molar-refractivity contribution is -0.400. The molecule has 0 aliphatic heterocycles. The van der Waals surface area contributed by atoms with Gasteiger partial charge in [0.2, 0.25) is 6.20 Å². The highest BCUT2D eigenvalue weighted by molar-refractivity contribution is 5.86. The van der Waals surface area contributed by atoms with Gasteiger partial charge in [-0.3, -0.25) is 10.1 Å². The molecule has 82 valence electrons. The van der Waals surface area contributed by atoms with Crippen molar-refractivity contribution < 1.29 is 9.66 Å². The predicted molar refractivity (Wildman–Crippen MR) is 58.7 cm³/mol. The highest BCUT2D eigenvalue weighted by Gasteiger charge is 2.04. The summed E-state index contributed by atoms with van der Waals surface area (Å²) in [7, 11) is 1.54. The van der Waals surface area contributed by atoms with E-state index in [4.69, 9.17) is 4.74 Å². The Morgan fingerprint density at radius 3 is 3.12 bits per heavy atom. The molecular formula is C10H9N3O3. The molecule has 0 spiro atoms. The third kappa shape index (κ3) is 1.85. The van der Waals surface area contributed by atoms with Crippen LogP contribution >= 0.6 is 0 Å². The lowest BCUT2D eigenvalue weighted by Crippen LogP contribution is -1.85. The molecule has 16 heavy (non-hydrogen) atoms. The number of ether oxygens (including phenoxy) is 1. The number of aromatic amines is 1. The third-order valence-corrected chi connectivity index (χ3v) is 2.15. The highest BCUT2D eigenvalue weighted by atomic mass is 16.6. The first kappa shape index (κ1) is 10.2. The van der Waals surface area contributed by atoms with Crippen LogP contribution in [-0.4, -0.2) is 22.0 Å². The van der Waals surface area contributed by atoms with E-state index in [0.29, 0.717) is 17.0 Å². The SMILES string of the molecule is COc1cnc2[nH]cc(C=C[N+](=O)[O-])c2c1. The Kier molecular flexibility index (Phi) is 2.55. The van der Waals surface area contributed by atoms with Crippen LogP contribution < -0.4 is 4.74 Å². The van der Waals surface area contributed by atoms with Crippen LogP contribution in [0.15, 0.2) is 24.7 Å². The van der Waals surface area contributed by atoms with Gasteiger partial charge in [-0.1, -0.05) is 0 Å². The predicted octanol–water partition coefficient (Wildman–Crippen LogP) is 1.82. The Labute approximate surface area is 90.7 Å². The summed E-state index contributed by atoms with van der Waals surface area (Å²) in [6.45, 7) is 0. The number of hydrogen-bond donors (Lipinski definition) is 1. The Balaban J connectivity index is 2.49. The first-order valence-electron chi connectivity index (χ1n) is 4.53.